The van der Waals surface area contributed by atoms with Crippen molar-refractivity contribution in [2.75, 3.05) is 24.2 Å². The van der Waals surface area contributed by atoms with E-state index in [1.165, 1.54) is 22.3 Å². The summed E-state index contributed by atoms with van der Waals surface area (Å²) in [4.78, 5) is 21.1. The van der Waals surface area contributed by atoms with E-state index in [0.29, 0.717) is 30.3 Å². The van der Waals surface area contributed by atoms with Gasteiger partial charge in [0.2, 0.25) is 5.91 Å². The van der Waals surface area contributed by atoms with Crippen molar-refractivity contribution in [3.05, 3.63) is 41.2 Å². The molecule has 2 heterocycles. The van der Waals surface area contributed by atoms with Gasteiger partial charge in [-0.15, -0.1) is 11.3 Å². The number of aromatic nitrogens is 1. The molecular weight excluding hydrogens is 303 g/mol. The average molecular weight is 320 g/mol. The number of nitrogens with two attached hydrogens (primary N) is 1. The second-order valence-corrected chi connectivity index (χ2v) is 6.47. The fourth-order valence-electron chi connectivity index (χ4n) is 2.74. The molecule has 1 unspecified atom stereocenters. The number of rotatable bonds is 4. The van der Waals surface area contributed by atoms with Crippen molar-refractivity contribution in [3.8, 4) is 0 Å². The first-order chi connectivity index (χ1) is 10.6. The van der Waals surface area contributed by atoms with Gasteiger partial charge in [0, 0.05) is 24.2 Å². The molecule has 2 N–H and O–H groups in total. The second-order valence-electron chi connectivity index (χ2n) is 5.33. The van der Waals surface area contributed by atoms with Crippen LogP contribution in [0.1, 0.15) is 11.3 Å². The molecule has 3 rings (SSSR count). The largest absolute Gasteiger partial charge is 0.375 e. The normalized spacial score (nSPS) is 18.4. The highest BCUT2D eigenvalue weighted by atomic mass is 32.1. The SMILES string of the molecule is CN(Cc1cnc(N)s1)C1CCN(c2ccccc2F)C1=O. The third kappa shape index (κ3) is 2.82. The molecule has 1 aliphatic rings. The van der Waals surface area contributed by atoms with Crippen molar-refractivity contribution in [1.29, 1.82) is 0 Å². The van der Waals surface area contributed by atoms with Gasteiger partial charge in [-0.1, -0.05) is 12.1 Å². The van der Waals surface area contributed by atoms with E-state index in [0.717, 1.165) is 4.88 Å². The standard InChI is InChI=1S/C15H17FN4OS/c1-19(9-10-8-18-15(17)22-10)13-6-7-20(14(13)21)12-5-3-2-4-11(12)16/h2-5,8,13H,6-7,9H2,1H3,(H2,17,18). The number of benzene rings is 1. The van der Waals surface area contributed by atoms with Crippen molar-refractivity contribution in [1.82, 2.24) is 9.88 Å². The second kappa shape index (κ2) is 6.02. The Labute approximate surface area is 132 Å². The molecule has 0 aliphatic carbocycles. The lowest BCUT2D eigenvalue weighted by Gasteiger charge is -2.23. The van der Waals surface area contributed by atoms with Crippen LogP contribution in [-0.4, -0.2) is 35.4 Å². The zero-order valence-electron chi connectivity index (χ0n) is 12.2. The van der Waals surface area contributed by atoms with E-state index in [1.54, 1.807) is 24.4 Å². The predicted octanol–water partition coefficient (Wildman–Crippen LogP) is 2.10. The lowest BCUT2D eigenvalue weighted by molar-refractivity contribution is -0.121. The van der Waals surface area contributed by atoms with Gasteiger partial charge < -0.3 is 10.6 Å². The molecular formula is C15H17FN4OS. The van der Waals surface area contributed by atoms with Crippen molar-refractivity contribution < 1.29 is 9.18 Å². The number of carbonyl (C=O) groups excluding carboxylic acids is 1. The number of halogens is 1. The van der Waals surface area contributed by atoms with Gasteiger partial charge in [-0.25, -0.2) is 9.37 Å². The zero-order valence-corrected chi connectivity index (χ0v) is 13.0. The summed E-state index contributed by atoms with van der Waals surface area (Å²) in [5.41, 5.74) is 5.97. The highest BCUT2D eigenvalue weighted by Gasteiger charge is 2.36. The summed E-state index contributed by atoms with van der Waals surface area (Å²) in [6.07, 6.45) is 2.41. The topological polar surface area (TPSA) is 62.5 Å². The lowest BCUT2D eigenvalue weighted by atomic mass is 10.2. The van der Waals surface area contributed by atoms with Crippen LogP contribution in [0.25, 0.3) is 0 Å². The Bertz CT molecular complexity index is 690. The highest BCUT2D eigenvalue weighted by Crippen LogP contribution is 2.27. The Hall–Kier alpha value is -1.99. The number of thiazole rings is 1. The molecule has 22 heavy (non-hydrogen) atoms. The third-order valence-corrected chi connectivity index (χ3v) is 4.64. The minimum Gasteiger partial charge on any atom is -0.375 e. The molecule has 1 aromatic carbocycles. The number of hydrogen-bond donors (Lipinski definition) is 1. The summed E-state index contributed by atoms with van der Waals surface area (Å²) in [6.45, 7) is 1.13. The zero-order chi connectivity index (χ0) is 15.7. The summed E-state index contributed by atoms with van der Waals surface area (Å²) in [6, 6.07) is 6.13. The molecule has 1 fully saturated rings. The summed E-state index contributed by atoms with van der Waals surface area (Å²) in [7, 11) is 1.89. The number of hydrogen-bond acceptors (Lipinski definition) is 5. The van der Waals surface area contributed by atoms with Crippen LogP contribution in [0.4, 0.5) is 15.2 Å². The Morgan fingerprint density at radius 1 is 1.50 bits per heavy atom. The Morgan fingerprint density at radius 2 is 2.27 bits per heavy atom. The third-order valence-electron chi connectivity index (χ3n) is 3.83. The van der Waals surface area contributed by atoms with Gasteiger partial charge in [-0.05, 0) is 25.6 Å². The molecule has 5 nitrogen and oxygen atoms in total. The molecule has 0 radical (unpaired) electrons. The van der Waals surface area contributed by atoms with Crippen molar-refractivity contribution in [3.63, 3.8) is 0 Å². The van der Waals surface area contributed by atoms with E-state index in [4.69, 9.17) is 5.73 Å². The van der Waals surface area contributed by atoms with E-state index < -0.39 is 0 Å². The first-order valence-electron chi connectivity index (χ1n) is 7.02. The smallest absolute Gasteiger partial charge is 0.244 e. The molecule has 1 aromatic heterocycles. The van der Waals surface area contributed by atoms with Gasteiger partial charge in [0.25, 0.3) is 0 Å². The number of nitrogen functional groups attached to an aromatic ring is 1. The molecule has 1 saturated heterocycles. The number of anilines is 2. The summed E-state index contributed by atoms with van der Waals surface area (Å²) in [5, 5.41) is 0.522. The molecule has 1 amide bonds. The fourth-order valence-corrected chi connectivity index (χ4v) is 3.48. The maximum Gasteiger partial charge on any atom is 0.244 e. The Morgan fingerprint density at radius 3 is 2.95 bits per heavy atom. The minimum absolute atomic E-state index is 0.0647. The molecule has 0 spiro atoms. The van der Waals surface area contributed by atoms with Crippen LogP contribution >= 0.6 is 11.3 Å². The van der Waals surface area contributed by atoms with Gasteiger partial charge in [-0.2, -0.15) is 0 Å². The predicted molar refractivity (Wildman–Crippen MR) is 85.2 cm³/mol. The molecule has 1 atom stereocenters. The van der Waals surface area contributed by atoms with Gasteiger partial charge in [-0.3, -0.25) is 9.69 Å². The average Bonchev–Trinajstić information content (AvgIpc) is 3.06. The van der Waals surface area contributed by atoms with Crippen LogP contribution in [0.5, 0.6) is 0 Å². The maximum absolute atomic E-state index is 13.9. The molecule has 1 aliphatic heterocycles. The first-order valence-corrected chi connectivity index (χ1v) is 7.84. The van der Waals surface area contributed by atoms with Gasteiger partial charge in [0.15, 0.2) is 5.13 Å². The molecule has 0 bridgehead atoms. The quantitative estimate of drug-likeness (QED) is 0.937. The van der Waals surface area contributed by atoms with Crippen LogP contribution in [0.15, 0.2) is 30.5 Å². The van der Waals surface area contributed by atoms with E-state index in [1.807, 2.05) is 11.9 Å². The monoisotopic (exact) mass is 320 g/mol. The van der Waals surface area contributed by atoms with E-state index in [2.05, 4.69) is 4.98 Å². The number of likely N-dealkylation sites (N-methyl/N-ethyl adjacent to an activating group) is 1. The highest BCUT2D eigenvalue weighted by molar-refractivity contribution is 7.15. The van der Waals surface area contributed by atoms with E-state index in [9.17, 15) is 9.18 Å². The number of para-hydroxylation sites is 1. The van der Waals surface area contributed by atoms with Crippen molar-refractivity contribution >= 4 is 28.1 Å². The van der Waals surface area contributed by atoms with E-state index in [-0.39, 0.29) is 17.8 Å². The number of nitrogens with zero attached hydrogens (tertiary/aromatic N) is 3. The van der Waals surface area contributed by atoms with Gasteiger partial charge in [0.1, 0.15) is 5.82 Å². The lowest BCUT2D eigenvalue weighted by Crippen LogP contribution is -2.39. The van der Waals surface area contributed by atoms with Crippen molar-refractivity contribution in [2.24, 2.45) is 0 Å². The van der Waals surface area contributed by atoms with E-state index >= 15 is 0 Å². The van der Waals surface area contributed by atoms with Gasteiger partial charge >= 0.3 is 0 Å². The van der Waals surface area contributed by atoms with Crippen LogP contribution in [-0.2, 0) is 11.3 Å². The van der Waals surface area contributed by atoms with Crippen LogP contribution in [0.3, 0.4) is 0 Å². The summed E-state index contributed by atoms with van der Waals surface area (Å²) >= 11 is 1.42. The molecule has 0 saturated carbocycles. The molecule has 7 heteroatoms. The minimum atomic E-state index is -0.366. The first kappa shape index (κ1) is 14.9. The maximum atomic E-state index is 13.9. The summed E-state index contributed by atoms with van der Waals surface area (Å²) in [5.74, 6) is -0.431. The summed E-state index contributed by atoms with van der Waals surface area (Å²) < 4.78 is 13.9. The molecule has 2 aromatic rings. The van der Waals surface area contributed by atoms with Crippen LogP contribution in [0, 0.1) is 5.82 Å². The Kier molecular flexibility index (Phi) is 4.08. The van der Waals surface area contributed by atoms with Crippen molar-refractivity contribution in [2.45, 2.75) is 19.0 Å². The van der Waals surface area contributed by atoms with Crippen LogP contribution < -0.4 is 10.6 Å². The molecule has 116 valence electrons. The number of carbonyl (C=O) groups is 1. The van der Waals surface area contributed by atoms with Gasteiger partial charge in [0.05, 0.1) is 11.7 Å². The van der Waals surface area contributed by atoms with Crippen LogP contribution in [0.2, 0.25) is 0 Å². The number of amides is 1. The Balaban J connectivity index is 1.72. The fraction of sp³-hybridized carbons (Fsp3) is 0.333.